The second-order valence-corrected chi connectivity index (χ2v) is 4.21. The number of nitrogens with two attached hydrogens (primary N) is 1. The van der Waals surface area contributed by atoms with Crippen molar-refractivity contribution in [2.75, 3.05) is 23.7 Å². The summed E-state index contributed by atoms with van der Waals surface area (Å²) < 4.78 is 0. The van der Waals surface area contributed by atoms with Crippen molar-refractivity contribution in [1.29, 1.82) is 0 Å². The number of rotatable bonds is 3. The van der Waals surface area contributed by atoms with Crippen LogP contribution in [-0.2, 0) is 4.79 Å². The van der Waals surface area contributed by atoms with Gasteiger partial charge in [-0.15, -0.1) is 0 Å². The summed E-state index contributed by atoms with van der Waals surface area (Å²) in [7, 11) is 0. The molecule has 2 heterocycles. The van der Waals surface area contributed by atoms with Gasteiger partial charge >= 0.3 is 0 Å². The second-order valence-electron chi connectivity index (χ2n) is 4.21. The first-order chi connectivity index (χ1) is 8.60. The minimum Gasteiger partial charge on any atom is -0.368 e. The smallest absolute Gasteiger partial charge is 0.228 e. The quantitative estimate of drug-likeness (QED) is 0.487. The number of azide groups is 1. The number of nitrogen functional groups attached to an aromatic ring is 1. The van der Waals surface area contributed by atoms with Crippen LogP contribution in [0.3, 0.4) is 0 Å². The molecule has 0 spiro atoms. The van der Waals surface area contributed by atoms with Gasteiger partial charge in [0, 0.05) is 36.2 Å². The third-order valence-electron chi connectivity index (χ3n) is 2.74. The Morgan fingerprint density at radius 2 is 2.44 bits per heavy atom. The van der Waals surface area contributed by atoms with Crippen LogP contribution in [0, 0.1) is 12.8 Å². The van der Waals surface area contributed by atoms with Crippen molar-refractivity contribution >= 4 is 17.7 Å². The highest BCUT2D eigenvalue weighted by atomic mass is 16.2. The Morgan fingerprint density at radius 1 is 1.67 bits per heavy atom. The Balaban J connectivity index is 2.18. The molecule has 1 atom stereocenters. The third kappa shape index (κ3) is 2.49. The molecular weight excluding hydrogens is 234 g/mol. The molecule has 8 nitrogen and oxygen atoms in total. The summed E-state index contributed by atoms with van der Waals surface area (Å²) in [6, 6.07) is 1.71. The van der Waals surface area contributed by atoms with Crippen molar-refractivity contribution in [3.05, 3.63) is 22.2 Å². The van der Waals surface area contributed by atoms with Crippen LogP contribution in [0.4, 0.5) is 11.8 Å². The Morgan fingerprint density at radius 3 is 3.11 bits per heavy atom. The molecule has 0 bridgehead atoms. The Bertz CT molecular complexity index is 503. The molecule has 1 aromatic heterocycles. The molecule has 8 heteroatoms. The molecule has 18 heavy (non-hydrogen) atoms. The van der Waals surface area contributed by atoms with Crippen molar-refractivity contribution in [2.24, 2.45) is 11.0 Å². The van der Waals surface area contributed by atoms with E-state index in [0.29, 0.717) is 31.0 Å². The third-order valence-corrected chi connectivity index (χ3v) is 2.74. The van der Waals surface area contributed by atoms with E-state index in [1.54, 1.807) is 17.9 Å². The maximum Gasteiger partial charge on any atom is 0.228 e. The number of hydrogen-bond acceptors (Lipinski definition) is 5. The predicted octanol–water partition coefficient (Wildman–Crippen LogP) is 1.03. The van der Waals surface area contributed by atoms with E-state index in [0.717, 1.165) is 0 Å². The normalized spacial score (nSPS) is 18.8. The van der Waals surface area contributed by atoms with E-state index in [1.165, 1.54) is 0 Å². The van der Waals surface area contributed by atoms with Gasteiger partial charge in [-0.1, -0.05) is 5.11 Å². The first-order valence-electron chi connectivity index (χ1n) is 5.52. The summed E-state index contributed by atoms with van der Waals surface area (Å²) in [4.78, 5) is 24.1. The summed E-state index contributed by atoms with van der Waals surface area (Å²) >= 11 is 0. The van der Waals surface area contributed by atoms with Crippen LogP contribution < -0.4 is 10.6 Å². The first-order valence-corrected chi connectivity index (χ1v) is 5.52. The maximum absolute atomic E-state index is 11.9. The Labute approximate surface area is 103 Å². The predicted molar refractivity (Wildman–Crippen MR) is 65.7 cm³/mol. The van der Waals surface area contributed by atoms with E-state index in [4.69, 9.17) is 11.3 Å². The number of anilines is 2. The van der Waals surface area contributed by atoms with Gasteiger partial charge in [0.05, 0.1) is 0 Å². The molecule has 1 saturated heterocycles. The van der Waals surface area contributed by atoms with Gasteiger partial charge in [-0.25, -0.2) is 4.98 Å². The van der Waals surface area contributed by atoms with Crippen molar-refractivity contribution in [1.82, 2.24) is 9.97 Å². The van der Waals surface area contributed by atoms with Gasteiger partial charge in [-0.2, -0.15) is 4.98 Å². The summed E-state index contributed by atoms with van der Waals surface area (Å²) in [6.45, 7) is 2.60. The molecule has 1 aromatic rings. The molecule has 1 fully saturated rings. The molecule has 0 aromatic carbocycles. The lowest BCUT2D eigenvalue weighted by atomic mass is 10.1. The highest BCUT2D eigenvalue weighted by Gasteiger charge is 2.31. The Hall–Kier alpha value is -2.34. The van der Waals surface area contributed by atoms with E-state index in [2.05, 4.69) is 20.0 Å². The van der Waals surface area contributed by atoms with Gasteiger partial charge in [0.25, 0.3) is 0 Å². The van der Waals surface area contributed by atoms with Crippen LogP contribution in [0.2, 0.25) is 0 Å². The first kappa shape index (κ1) is 12.1. The van der Waals surface area contributed by atoms with Crippen LogP contribution in [0.5, 0.6) is 0 Å². The van der Waals surface area contributed by atoms with Crippen LogP contribution >= 0.6 is 0 Å². The molecule has 94 valence electrons. The topological polar surface area (TPSA) is 121 Å². The van der Waals surface area contributed by atoms with Gasteiger partial charge in [0.2, 0.25) is 11.9 Å². The van der Waals surface area contributed by atoms with Gasteiger partial charge < -0.3 is 5.73 Å². The number of hydrogen-bond donors (Lipinski definition) is 1. The maximum atomic E-state index is 11.9. The molecule has 1 aliphatic rings. The fourth-order valence-electron chi connectivity index (χ4n) is 1.99. The lowest BCUT2D eigenvalue weighted by molar-refractivity contribution is -0.117. The average Bonchev–Trinajstić information content (AvgIpc) is 2.66. The molecule has 1 aliphatic heterocycles. The fourth-order valence-corrected chi connectivity index (χ4v) is 1.99. The molecule has 1 unspecified atom stereocenters. The largest absolute Gasteiger partial charge is 0.368 e. The molecule has 0 aliphatic carbocycles. The molecule has 0 radical (unpaired) electrons. The standard InChI is InChI=1S/C10H13N7O/c1-6-2-8(15-10(11)14-6)17-5-7(3-9(17)18)4-13-16-12/h2,7H,3-5H2,1H3,(H2,11,14,15). The minimum atomic E-state index is -0.0364. The highest BCUT2D eigenvalue weighted by molar-refractivity contribution is 5.95. The number of aromatic nitrogens is 2. The van der Waals surface area contributed by atoms with E-state index in [9.17, 15) is 4.79 Å². The van der Waals surface area contributed by atoms with Crippen molar-refractivity contribution < 1.29 is 4.79 Å². The number of carbonyl (C=O) groups is 1. The molecular formula is C10H13N7O. The van der Waals surface area contributed by atoms with E-state index in [1.807, 2.05) is 0 Å². The minimum absolute atomic E-state index is 0.0323. The molecule has 2 rings (SSSR count). The fraction of sp³-hybridized carbons (Fsp3) is 0.500. The number of carbonyl (C=O) groups excluding carboxylic acids is 1. The number of aryl methyl sites for hydroxylation is 1. The summed E-state index contributed by atoms with van der Waals surface area (Å²) in [5.41, 5.74) is 14.5. The van der Waals surface area contributed by atoms with Crippen LogP contribution in [-0.4, -0.2) is 29.0 Å². The van der Waals surface area contributed by atoms with Gasteiger partial charge in [0.15, 0.2) is 0 Å². The summed E-state index contributed by atoms with van der Waals surface area (Å²) in [5.74, 6) is 0.653. The van der Waals surface area contributed by atoms with Crippen molar-refractivity contribution in [2.45, 2.75) is 13.3 Å². The van der Waals surface area contributed by atoms with Crippen LogP contribution in [0.25, 0.3) is 10.4 Å². The van der Waals surface area contributed by atoms with E-state index >= 15 is 0 Å². The average molecular weight is 247 g/mol. The van der Waals surface area contributed by atoms with Crippen LogP contribution in [0.15, 0.2) is 11.2 Å². The van der Waals surface area contributed by atoms with Gasteiger partial charge in [-0.3, -0.25) is 9.69 Å². The van der Waals surface area contributed by atoms with Crippen molar-refractivity contribution in [3.8, 4) is 0 Å². The van der Waals surface area contributed by atoms with Gasteiger partial charge in [0.1, 0.15) is 5.82 Å². The number of nitrogens with zero attached hydrogens (tertiary/aromatic N) is 6. The zero-order valence-electron chi connectivity index (χ0n) is 9.94. The van der Waals surface area contributed by atoms with Crippen LogP contribution in [0.1, 0.15) is 12.1 Å². The van der Waals surface area contributed by atoms with E-state index in [-0.39, 0.29) is 17.8 Å². The lowest BCUT2D eigenvalue weighted by Crippen LogP contribution is -2.26. The number of amides is 1. The summed E-state index contributed by atoms with van der Waals surface area (Å²) in [5, 5.41) is 3.50. The molecule has 0 saturated carbocycles. The molecule has 2 N–H and O–H groups in total. The zero-order chi connectivity index (χ0) is 13.1. The zero-order valence-corrected chi connectivity index (χ0v) is 9.94. The second kappa shape index (κ2) is 4.89. The van der Waals surface area contributed by atoms with Crippen molar-refractivity contribution in [3.63, 3.8) is 0 Å². The Kier molecular flexibility index (Phi) is 3.29. The highest BCUT2D eigenvalue weighted by Crippen LogP contribution is 2.24. The summed E-state index contributed by atoms with van der Waals surface area (Å²) in [6.07, 6.45) is 0.363. The van der Waals surface area contributed by atoms with E-state index < -0.39 is 0 Å². The monoisotopic (exact) mass is 247 g/mol. The molecule has 1 amide bonds. The lowest BCUT2D eigenvalue weighted by Gasteiger charge is -2.15. The van der Waals surface area contributed by atoms with Gasteiger partial charge in [-0.05, 0) is 18.4 Å². The SMILES string of the molecule is Cc1cc(N2CC(CN=[N+]=[N-])CC2=O)nc(N)n1.